The van der Waals surface area contributed by atoms with Gasteiger partial charge in [-0.3, -0.25) is 0 Å². The summed E-state index contributed by atoms with van der Waals surface area (Å²) >= 11 is 6.55. The van der Waals surface area contributed by atoms with Crippen LogP contribution in [0.25, 0.3) is 0 Å². The van der Waals surface area contributed by atoms with E-state index in [1.807, 2.05) is 0 Å². The lowest BCUT2D eigenvalue weighted by Gasteiger charge is -2.10. The molecule has 10 heteroatoms. The fourth-order valence-corrected chi connectivity index (χ4v) is 5.16. The number of halogens is 2. The minimum absolute atomic E-state index is 0.0890. The summed E-state index contributed by atoms with van der Waals surface area (Å²) in [6.07, 6.45) is 0. The van der Waals surface area contributed by atoms with E-state index in [2.05, 4.69) is 41.3 Å². The van der Waals surface area contributed by atoms with Crippen LogP contribution >= 0.6 is 31.9 Å². The van der Waals surface area contributed by atoms with Crippen LogP contribution in [0.3, 0.4) is 0 Å². The molecule has 0 fully saturated rings. The molecule has 0 saturated heterocycles. The largest absolute Gasteiger partial charge is 0.240 e. The van der Waals surface area contributed by atoms with Crippen molar-refractivity contribution in [3.8, 4) is 0 Å². The first-order chi connectivity index (χ1) is 14.2. The number of hydrogen-bond donors (Lipinski definition) is 2. The molecular weight excluding hydrogens is 556 g/mol. The standard InChI is InChI=1S/C20H18Br2N2O4S2/c21-17-4-8-19(9-5-17)29(25,26)23-13-15-2-1-3-16(12-15)14-24-30(27,28)20-10-6-18(22)7-11-20/h1-12,23-24H,13-14H2. The lowest BCUT2D eigenvalue weighted by atomic mass is 10.1. The number of nitrogens with one attached hydrogen (secondary N) is 2. The Hall–Kier alpha value is -1.56. The van der Waals surface area contributed by atoms with Gasteiger partial charge in [-0.1, -0.05) is 56.1 Å². The Labute approximate surface area is 193 Å². The lowest BCUT2D eigenvalue weighted by Crippen LogP contribution is -2.24. The van der Waals surface area contributed by atoms with Crippen molar-refractivity contribution in [1.82, 2.24) is 9.44 Å². The summed E-state index contributed by atoms with van der Waals surface area (Å²) in [5, 5.41) is 0. The van der Waals surface area contributed by atoms with Gasteiger partial charge in [0.25, 0.3) is 0 Å². The second kappa shape index (κ2) is 9.71. The molecule has 0 radical (unpaired) electrons. The predicted molar refractivity (Wildman–Crippen MR) is 123 cm³/mol. The number of rotatable bonds is 8. The second-order valence-electron chi connectivity index (χ2n) is 6.38. The molecule has 30 heavy (non-hydrogen) atoms. The van der Waals surface area contributed by atoms with Crippen LogP contribution in [0.2, 0.25) is 0 Å². The Morgan fingerprint density at radius 1 is 0.600 bits per heavy atom. The summed E-state index contributed by atoms with van der Waals surface area (Å²) in [6, 6.07) is 19.8. The van der Waals surface area contributed by atoms with Gasteiger partial charge in [0.1, 0.15) is 0 Å². The minimum Gasteiger partial charge on any atom is -0.207 e. The molecule has 0 aliphatic rings. The van der Waals surface area contributed by atoms with Crippen LogP contribution in [-0.2, 0) is 33.1 Å². The van der Waals surface area contributed by atoms with Crippen molar-refractivity contribution in [1.29, 1.82) is 0 Å². The predicted octanol–water partition coefficient (Wildman–Crippen LogP) is 4.17. The van der Waals surface area contributed by atoms with Crippen molar-refractivity contribution in [2.45, 2.75) is 22.9 Å². The molecule has 0 unspecified atom stereocenters. The lowest BCUT2D eigenvalue weighted by molar-refractivity contribution is 0.580. The van der Waals surface area contributed by atoms with Crippen molar-refractivity contribution in [2.75, 3.05) is 0 Å². The van der Waals surface area contributed by atoms with E-state index in [1.165, 1.54) is 24.3 Å². The Kier molecular flexibility index (Phi) is 7.48. The van der Waals surface area contributed by atoms with Gasteiger partial charge in [-0.2, -0.15) is 0 Å². The fourth-order valence-electron chi connectivity index (χ4n) is 2.60. The molecule has 0 heterocycles. The first kappa shape index (κ1) is 23.1. The van der Waals surface area contributed by atoms with E-state index in [0.717, 1.165) is 20.1 Å². The molecule has 3 rings (SSSR count). The average molecular weight is 574 g/mol. The van der Waals surface area contributed by atoms with Gasteiger partial charge in [0, 0.05) is 22.0 Å². The van der Waals surface area contributed by atoms with Gasteiger partial charge in [0.05, 0.1) is 9.79 Å². The molecule has 158 valence electrons. The Morgan fingerprint density at radius 3 is 1.33 bits per heavy atom. The van der Waals surface area contributed by atoms with Crippen LogP contribution in [0.5, 0.6) is 0 Å². The van der Waals surface area contributed by atoms with Crippen LogP contribution in [-0.4, -0.2) is 16.8 Å². The van der Waals surface area contributed by atoms with E-state index in [0.29, 0.717) is 0 Å². The summed E-state index contributed by atoms with van der Waals surface area (Å²) in [5.74, 6) is 0. The highest BCUT2D eigenvalue weighted by Crippen LogP contribution is 2.16. The molecule has 0 saturated carbocycles. The zero-order valence-corrected chi connectivity index (χ0v) is 20.4. The summed E-state index contributed by atoms with van der Waals surface area (Å²) in [7, 11) is -7.30. The topological polar surface area (TPSA) is 92.3 Å². The fraction of sp³-hybridized carbons (Fsp3) is 0.100. The molecule has 0 amide bonds. The highest BCUT2D eigenvalue weighted by Gasteiger charge is 2.15. The van der Waals surface area contributed by atoms with Crippen molar-refractivity contribution in [3.05, 3.63) is 92.9 Å². The molecule has 3 aromatic carbocycles. The zero-order valence-electron chi connectivity index (χ0n) is 15.5. The number of hydrogen-bond acceptors (Lipinski definition) is 4. The van der Waals surface area contributed by atoms with Gasteiger partial charge in [0.15, 0.2) is 0 Å². The van der Waals surface area contributed by atoms with E-state index in [1.54, 1.807) is 48.5 Å². The zero-order chi connectivity index (χ0) is 21.8. The quantitative estimate of drug-likeness (QED) is 0.423. The highest BCUT2D eigenvalue weighted by molar-refractivity contribution is 9.10. The molecule has 0 atom stereocenters. The van der Waals surface area contributed by atoms with Gasteiger partial charge in [-0.15, -0.1) is 0 Å². The molecule has 6 nitrogen and oxygen atoms in total. The van der Waals surface area contributed by atoms with Crippen LogP contribution in [0.4, 0.5) is 0 Å². The third-order valence-electron chi connectivity index (χ3n) is 4.17. The second-order valence-corrected chi connectivity index (χ2v) is 11.7. The monoisotopic (exact) mass is 572 g/mol. The van der Waals surface area contributed by atoms with E-state index in [-0.39, 0.29) is 22.9 Å². The molecule has 0 aliphatic heterocycles. The smallest absolute Gasteiger partial charge is 0.207 e. The van der Waals surface area contributed by atoms with Crippen LogP contribution in [0, 0.1) is 0 Å². The minimum atomic E-state index is -3.65. The number of benzene rings is 3. The van der Waals surface area contributed by atoms with E-state index in [9.17, 15) is 16.8 Å². The molecule has 2 N–H and O–H groups in total. The molecular formula is C20H18Br2N2O4S2. The van der Waals surface area contributed by atoms with Crippen molar-refractivity contribution in [2.24, 2.45) is 0 Å². The highest BCUT2D eigenvalue weighted by atomic mass is 79.9. The normalized spacial score (nSPS) is 12.1. The number of sulfonamides is 2. The molecule has 0 aromatic heterocycles. The van der Waals surface area contributed by atoms with Gasteiger partial charge < -0.3 is 0 Å². The maximum absolute atomic E-state index is 12.4. The molecule has 3 aromatic rings. The van der Waals surface area contributed by atoms with E-state index < -0.39 is 20.0 Å². The maximum atomic E-state index is 12.4. The average Bonchev–Trinajstić information content (AvgIpc) is 2.72. The molecule has 0 aliphatic carbocycles. The summed E-state index contributed by atoms with van der Waals surface area (Å²) in [4.78, 5) is 0.341. The Bertz CT molecular complexity index is 1130. The van der Waals surface area contributed by atoms with Gasteiger partial charge in [0.2, 0.25) is 20.0 Å². The van der Waals surface area contributed by atoms with Gasteiger partial charge in [-0.05, 0) is 59.7 Å². The summed E-state index contributed by atoms with van der Waals surface area (Å²) < 4.78 is 56.4. The van der Waals surface area contributed by atoms with Crippen molar-refractivity contribution >= 4 is 51.9 Å². The first-order valence-electron chi connectivity index (χ1n) is 8.74. The molecule has 0 spiro atoms. The Balaban J connectivity index is 1.64. The van der Waals surface area contributed by atoms with Crippen LogP contribution < -0.4 is 9.44 Å². The third-order valence-corrected chi connectivity index (χ3v) is 8.06. The third kappa shape index (κ3) is 6.22. The van der Waals surface area contributed by atoms with Crippen LogP contribution in [0.1, 0.15) is 11.1 Å². The maximum Gasteiger partial charge on any atom is 0.240 e. The summed E-state index contributed by atoms with van der Waals surface area (Å²) in [5.41, 5.74) is 1.44. The molecule has 0 bridgehead atoms. The van der Waals surface area contributed by atoms with Crippen molar-refractivity contribution < 1.29 is 16.8 Å². The summed E-state index contributed by atoms with van der Waals surface area (Å²) in [6.45, 7) is 0.178. The van der Waals surface area contributed by atoms with Gasteiger partial charge in [-0.25, -0.2) is 26.3 Å². The Morgan fingerprint density at radius 2 is 0.967 bits per heavy atom. The van der Waals surface area contributed by atoms with E-state index >= 15 is 0 Å². The van der Waals surface area contributed by atoms with E-state index in [4.69, 9.17) is 0 Å². The van der Waals surface area contributed by atoms with Crippen LogP contribution in [0.15, 0.2) is 91.5 Å². The van der Waals surface area contributed by atoms with Gasteiger partial charge >= 0.3 is 0 Å². The SMILES string of the molecule is O=S(=O)(NCc1cccc(CNS(=O)(=O)c2ccc(Br)cc2)c1)c1ccc(Br)cc1. The van der Waals surface area contributed by atoms with Crippen molar-refractivity contribution in [3.63, 3.8) is 0 Å². The first-order valence-corrected chi connectivity index (χ1v) is 13.3.